The van der Waals surface area contributed by atoms with Gasteiger partial charge in [0.05, 0.1) is 6.10 Å². The van der Waals surface area contributed by atoms with E-state index in [-0.39, 0.29) is 6.10 Å². The molecular formula is C36H59OP. The molecule has 1 N–H and O–H groups in total. The maximum atomic E-state index is 10.2. The fourth-order valence-electron chi connectivity index (χ4n) is 6.70. The van der Waals surface area contributed by atoms with Gasteiger partial charge in [-0.05, 0) is 105 Å². The maximum Gasteiger partial charge on any atom is 0.0787 e. The van der Waals surface area contributed by atoms with Crippen LogP contribution in [-0.2, 0) is 0 Å². The first-order valence-electron chi connectivity index (χ1n) is 15.1. The minimum atomic E-state index is -0.347. The summed E-state index contributed by atoms with van der Waals surface area (Å²) in [5.74, 6) is 2.43. The van der Waals surface area contributed by atoms with E-state index in [4.69, 9.17) is 0 Å². The van der Waals surface area contributed by atoms with Crippen molar-refractivity contribution in [3.8, 4) is 0 Å². The third kappa shape index (κ3) is 7.95. The molecule has 0 aromatic carbocycles. The van der Waals surface area contributed by atoms with Gasteiger partial charge >= 0.3 is 0 Å². The van der Waals surface area contributed by atoms with Crippen LogP contribution in [0.15, 0.2) is 70.9 Å². The lowest BCUT2D eigenvalue weighted by atomic mass is 9.48. The molecule has 1 nitrogen and oxygen atoms in total. The van der Waals surface area contributed by atoms with E-state index >= 15 is 0 Å². The van der Waals surface area contributed by atoms with E-state index in [1.54, 1.807) is 16.7 Å². The molecule has 0 aromatic rings. The van der Waals surface area contributed by atoms with Crippen molar-refractivity contribution in [2.75, 3.05) is 12.8 Å². The standard InChI is InChI=1S/C30H47OP.C6H12/c1-20(14-17-25(19-32-8)29(4,5)6)27-22(3)28-24(12-10-18-30(27,28)7)16-15-23-11-9-13-26(31)21(23)2;1-5(2)6(3)4/h14-17,20,25-26,28,31-32H,2,9-13,18-19H2,1,3-8H3;6H,1H2,2-4H3/b17-14+,23-15-,24-16+;/t20-,25-,26?,28?,30?;/m1./s1. The third-order valence-electron chi connectivity index (χ3n) is 9.49. The Kier molecular flexibility index (Phi) is 12.1. The van der Waals surface area contributed by atoms with Gasteiger partial charge < -0.3 is 5.11 Å². The fourth-order valence-corrected chi connectivity index (χ4v) is 7.89. The predicted octanol–water partition coefficient (Wildman–Crippen LogP) is 10.5. The number of hydrogen-bond acceptors (Lipinski definition) is 1. The molecule has 0 spiro atoms. The molecule has 214 valence electrons. The van der Waals surface area contributed by atoms with E-state index in [2.05, 4.69) is 99.5 Å². The van der Waals surface area contributed by atoms with E-state index in [0.29, 0.717) is 34.5 Å². The van der Waals surface area contributed by atoms with Gasteiger partial charge in [-0.1, -0.05) is 108 Å². The first-order valence-corrected chi connectivity index (χ1v) is 16.8. The Morgan fingerprint density at radius 3 is 2.32 bits per heavy atom. The molecule has 2 saturated carbocycles. The van der Waals surface area contributed by atoms with Crippen molar-refractivity contribution < 1.29 is 5.11 Å². The van der Waals surface area contributed by atoms with Crippen molar-refractivity contribution in [2.45, 2.75) is 107 Å². The monoisotopic (exact) mass is 538 g/mol. The van der Waals surface area contributed by atoms with Gasteiger partial charge in [-0.3, -0.25) is 0 Å². The SMILES string of the molecule is C=C(C)C(C)C.C=C1/C(=C\C=C2/CCCC3(C)C([C@H](C)/C=C/[C@H](CPC)C(C)(C)C)=C(C)C23)CCCC1O. The molecule has 6 atom stereocenters. The molecule has 3 aliphatic rings. The van der Waals surface area contributed by atoms with Crippen LogP contribution >= 0.6 is 8.58 Å². The van der Waals surface area contributed by atoms with Gasteiger partial charge in [0, 0.05) is 5.92 Å². The Balaban J connectivity index is 0.000000757. The molecule has 38 heavy (non-hydrogen) atoms. The van der Waals surface area contributed by atoms with Crippen molar-refractivity contribution in [1.29, 1.82) is 0 Å². The summed E-state index contributed by atoms with van der Waals surface area (Å²) >= 11 is 0. The highest BCUT2D eigenvalue weighted by molar-refractivity contribution is 7.37. The number of rotatable bonds is 7. The highest BCUT2D eigenvalue weighted by Gasteiger charge is 2.52. The molecule has 3 rings (SSSR count). The molecule has 4 unspecified atom stereocenters. The zero-order valence-electron chi connectivity index (χ0n) is 26.5. The molecule has 2 heteroatoms. The lowest BCUT2D eigenvalue weighted by Gasteiger charge is -2.56. The van der Waals surface area contributed by atoms with Crippen LogP contribution < -0.4 is 0 Å². The Morgan fingerprint density at radius 1 is 1.13 bits per heavy atom. The molecule has 0 aliphatic heterocycles. The normalized spacial score (nSPS) is 30.1. The largest absolute Gasteiger partial charge is 0.388 e. The first-order chi connectivity index (χ1) is 17.6. The van der Waals surface area contributed by atoms with Crippen LogP contribution in [0.5, 0.6) is 0 Å². The highest BCUT2D eigenvalue weighted by atomic mass is 31.1. The second kappa shape index (κ2) is 13.9. The van der Waals surface area contributed by atoms with E-state index < -0.39 is 0 Å². The second-order valence-corrected chi connectivity index (χ2v) is 15.0. The molecule has 0 bridgehead atoms. The number of aliphatic hydroxyl groups is 1. The van der Waals surface area contributed by atoms with E-state index in [1.165, 1.54) is 36.6 Å². The van der Waals surface area contributed by atoms with Crippen LogP contribution in [0.2, 0.25) is 0 Å². The molecule has 0 radical (unpaired) electrons. The number of aliphatic hydroxyl groups excluding tert-OH is 1. The average Bonchev–Trinajstić information content (AvgIpc) is 2.81. The summed E-state index contributed by atoms with van der Waals surface area (Å²) in [5.41, 5.74) is 9.00. The van der Waals surface area contributed by atoms with Crippen molar-refractivity contribution in [2.24, 2.45) is 34.5 Å². The van der Waals surface area contributed by atoms with Gasteiger partial charge in [-0.2, -0.15) is 0 Å². The molecule has 0 heterocycles. The summed E-state index contributed by atoms with van der Waals surface area (Å²) in [6, 6.07) is 0. The quantitative estimate of drug-likeness (QED) is 0.252. The van der Waals surface area contributed by atoms with Gasteiger partial charge in [0.2, 0.25) is 0 Å². The summed E-state index contributed by atoms with van der Waals surface area (Å²) in [6.45, 7) is 31.0. The van der Waals surface area contributed by atoms with E-state index in [9.17, 15) is 5.11 Å². The van der Waals surface area contributed by atoms with Crippen LogP contribution in [0, 0.1) is 34.5 Å². The number of allylic oxidation sites excluding steroid dienone is 8. The molecule has 0 aromatic heterocycles. The van der Waals surface area contributed by atoms with Gasteiger partial charge in [0.25, 0.3) is 0 Å². The topological polar surface area (TPSA) is 20.2 Å². The summed E-state index contributed by atoms with van der Waals surface area (Å²) < 4.78 is 0. The minimum Gasteiger partial charge on any atom is -0.388 e. The molecular weight excluding hydrogens is 479 g/mol. The zero-order chi connectivity index (χ0) is 28.8. The molecule has 0 amide bonds. The first kappa shape index (κ1) is 33.0. The summed E-state index contributed by atoms with van der Waals surface area (Å²) in [5, 5.41) is 10.2. The van der Waals surface area contributed by atoms with Crippen LogP contribution in [0.4, 0.5) is 0 Å². The molecule has 0 saturated heterocycles. The summed E-state index contributed by atoms with van der Waals surface area (Å²) in [6.07, 6.45) is 17.4. The zero-order valence-corrected chi connectivity index (χ0v) is 27.5. The Labute approximate surface area is 238 Å². The molecule has 3 aliphatic carbocycles. The van der Waals surface area contributed by atoms with Crippen LogP contribution in [-0.4, -0.2) is 24.0 Å². The number of fused-ring (bicyclic) bond motifs is 1. The lowest BCUT2D eigenvalue weighted by Crippen LogP contribution is -2.46. The minimum absolute atomic E-state index is 0.309. The predicted molar refractivity (Wildman–Crippen MR) is 173 cm³/mol. The fraction of sp³-hybridized carbons (Fsp3) is 0.667. The summed E-state index contributed by atoms with van der Waals surface area (Å²) in [7, 11) is 1.01. The van der Waals surface area contributed by atoms with Crippen molar-refractivity contribution in [3.05, 3.63) is 70.9 Å². The van der Waals surface area contributed by atoms with E-state index in [1.807, 2.05) is 6.92 Å². The Hall–Kier alpha value is -1.17. The summed E-state index contributed by atoms with van der Waals surface area (Å²) in [4.78, 5) is 0. The second-order valence-electron chi connectivity index (χ2n) is 13.9. The van der Waals surface area contributed by atoms with Gasteiger partial charge in [-0.15, -0.1) is 8.58 Å². The third-order valence-corrected chi connectivity index (χ3v) is 10.3. The van der Waals surface area contributed by atoms with Crippen molar-refractivity contribution >= 4 is 8.58 Å². The smallest absolute Gasteiger partial charge is 0.0787 e. The Bertz CT molecular complexity index is 966. The molecule has 2 fully saturated rings. The van der Waals surface area contributed by atoms with Crippen molar-refractivity contribution in [3.63, 3.8) is 0 Å². The highest BCUT2D eigenvalue weighted by Crippen LogP contribution is 2.62. The maximum absolute atomic E-state index is 10.2. The van der Waals surface area contributed by atoms with Crippen LogP contribution in [0.1, 0.15) is 101 Å². The lowest BCUT2D eigenvalue weighted by molar-refractivity contribution is 0.176. The van der Waals surface area contributed by atoms with Gasteiger partial charge in [0.1, 0.15) is 0 Å². The van der Waals surface area contributed by atoms with Crippen molar-refractivity contribution in [1.82, 2.24) is 0 Å². The average molecular weight is 539 g/mol. The van der Waals surface area contributed by atoms with Crippen LogP contribution in [0.3, 0.4) is 0 Å². The van der Waals surface area contributed by atoms with Gasteiger partial charge in [-0.25, -0.2) is 0 Å². The number of hydrogen-bond donors (Lipinski definition) is 1. The Morgan fingerprint density at radius 2 is 1.76 bits per heavy atom. The van der Waals surface area contributed by atoms with Gasteiger partial charge in [0.15, 0.2) is 0 Å². The van der Waals surface area contributed by atoms with E-state index in [0.717, 1.165) is 33.4 Å². The van der Waals surface area contributed by atoms with Crippen LogP contribution in [0.25, 0.3) is 0 Å².